The third-order valence-electron chi connectivity index (χ3n) is 2.25. The summed E-state index contributed by atoms with van der Waals surface area (Å²) in [6.45, 7) is 4.36. The summed E-state index contributed by atoms with van der Waals surface area (Å²) in [6.07, 6.45) is 10.1. The van der Waals surface area contributed by atoms with E-state index in [2.05, 4.69) is 50.3 Å². The standard InChI is InChI=1S/C14H19/c1-3-5-7-13-9-11-14(12-10-13)8-6-4-2/h5,9-12H,3-4,6,8H2,1-2H3. The quantitative estimate of drug-likeness (QED) is 0.649. The monoisotopic (exact) mass is 187 g/mol. The molecule has 0 N–H and O–H groups in total. The third-order valence-corrected chi connectivity index (χ3v) is 2.25. The molecule has 0 amide bonds. The molecule has 75 valence electrons. The van der Waals surface area contributed by atoms with Crippen molar-refractivity contribution in [2.75, 3.05) is 0 Å². The lowest BCUT2D eigenvalue weighted by molar-refractivity contribution is 0.795. The van der Waals surface area contributed by atoms with Gasteiger partial charge in [-0.1, -0.05) is 50.6 Å². The van der Waals surface area contributed by atoms with Crippen molar-refractivity contribution in [3.63, 3.8) is 0 Å². The second-order valence-corrected chi connectivity index (χ2v) is 3.56. The van der Waals surface area contributed by atoms with Crippen molar-refractivity contribution >= 4 is 0 Å². The highest BCUT2D eigenvalue weighted by Crippen LogP contribution is 2.08. The Kier molecular flexibility index (Phi) is 5.06. The van der Waals surface area contributed by atoms with E-state index >= 15 is 0 Å². The Morgan fingerprint density at radius 3 is 2.43 bits per heavy atom. The van der Waals surface area contributed by atoms with Crippen LogP contribution in [0.1, 0.15) is 44.2 Å². The SMILES string of the molecule is CC/C=[C]\c1ccc(CCCC)cc1. The Balaban J connectivity index is 2.54. The van der Waals surface area contributed by atoms with E-state index in [4.69, 9.17) is 0 Å². The van der Waals surface area contributed by atoms with Gasteiger partial charge in [-0.3, -0.25) is 0 Å². The molecule has 0 heteroatoms. The summed E-state index contributed by atoms with van der Waals surface area (Å²) >= 11 is 0. The summed E-state index contributed by atoms with van der Waals surface area (Å²) in [4.78, 5) is 0. The first-order chi connectivity index (χ1) is 6.86. The molecule has 0 aliphatic heterocycles. The van der Waals surface area contributed by atoms with Gasteiger partial charge < -0.3 is 0 Å². The molecule has 0 saturated heterocycles. The summed E-state index contributed by atoms with van der Waals surface area (Å²) in [5.41, 5.74) is 2.63. The van der Waals surface area contributed by atoms with Crippen LogP contribution in [0.15, 0.2) is 30.3 Å². The lowest BCUT2D eigenvalue weighted by atomic mass is 10.1. The highest BCUT2D eigenvalue weighted by molar-refractivity contribution is 5.27. The van der Waals surface area contributed by atoms with Crippen LogP contribution in [0.2, 0.25) is 0 Å². The highest BCUT2D eigenvalue weighted by atomic mass is 14.0. The number of hydrogen-bond acceptors (Lipinski definition) is 0. The Bertz CT molecular complexity index is 267. The molecule has 1 radical (unpaired) electrons. The zero-order valence-electron chi connectivity index (χ0n) is 9.22. The van der Waals surface area contributed by atoms with Gasteiger partial charge in [0.25, 0.3) is 0 Å². The Morgan fingerprint density at radius 1 is 1.14 bits per heavy atom. The second-order valence-electron chi connectivity index (χ2n) is 3.56. The maximum atomic E-state index is 3.25. The number of hydrogen-bond donors (Lipinski definition) is 0. The summed E-state index contributed by atoms with van der Waals surface area (Å²) < 4.78 is 0. The minimum Gasteiger partial charge on any atom is -0.0763 e. The van der Waals surface area contributed by atoms with E-state index in [-0.39, 0.29) is 0 Å². The predicted molar refractivity (Wildman–Crippen MR) is 62.3 cm³/mol. The van der Waals surface area contributed by atoms with Gasteiger partial charge in [0.2, 0.25) is 0 Å². The maximum Gasteiger partial charge on any atom is -0.0149 e. The van der Waals surface area contributed by atoms with Crippen molar-refractivity contribution in [2.24, 2.45) is 0 Å². The van der Waals surface area contributed by atoms with E-state index in [1.807, 2.05) is 0 Å². The number of benzene rings is 1. The lowest BCUT2D eigenvalue weighted by Gasteiger charge is -1.99. The van der Waals surface area contributed by atoms with E-state index in [1.54, 1.807) is 0 Å². The van der Waals surface area contributed by atoms with E-state index < -0.39 is 0 Å². The topological polar surface area (TPSA) is 0 Å². The van der Waals surface area contributed by atoms with Crippen molar-refractivity contribution in [3.8, 4) is 0 Å². The molecule has 0 atom stereocenters. The predicted octanol–water partition coefficient (Wildman–Crippen LogP) is 4.15. The fraction of sp³-hybridized carbons (Fsp3) is 0.429. The van der Waals surface area contributed by atoms with Crippen LogP contribution in [0.3, 0.4) is 0 Å². The maximum absolute atomic E-state index is 3.25. The third kappa shape index (κ3) is 3.78. The van der Waals surface area contributed by atoms with Crippen LogP contribution in [0.25, 0.3) is 0 Å². The normalized spacial score (nSPS) is 11.0. The first-order valence-electron chi connectivity index (χ1n) is 5.54. The fourth-order valence-electron chi connectivity index (χ4n) is 1.37. The van der Waals surface area contributed by atoms with Gasteiger partial charge in [-0.15, -0.1) is 0 Å². The minimum absolute atomic E-state index is 1.05. The molecule has 0 aromatic heterocycles. The summed E-state index contributed by atoms with van der Waals surface area (Å²) in [5.74, 6) is 0. The van der Waals surface area contributed by atoms with Gasteiger partial charge in [-0.05, 0) is 36.5 Å². The van der Waals surface area contributed by atoms with Gasteiger partial charge in [0, 0.05) is 0 Å². The Morgan fingerprint density at radius 2 is 1.86 bits per heavy atom. The van der Waals surface area contributed by atoms with Crippen molar-refractivity contribution < 1.29 is 0 Å². The van der Waals surface area contributed by atoms with Crippen LogP contribution in [-0.2, 0) is 6.42 Å². The van der Waals surface area contributed by atoms with Gasteiger partial charge in [0.05, 0.1) is 0 Å². The molecule has 0 nitrogen and oxygen atoms in total. The fourth-order valence-corrected chi connectivity index (χ4v) is 1.37. The van der Waals surface area contributed by atoms with Crippen LogP contribution in [0, 0.1) is 6.08 Å². The Hall–Kier alpha value is -1.04. The lowest BCUT2D eigenvalue weighted by Crippen LogP contribution is -1.84. The van der Waals surface area contributed by atoms with Crippen LogP contribution in [-0.4, -0.2) is 0 Å². The van der Waals surface area contributed by atoms with E-state index in [1.165, 1.54) is 30.4 Å². The molecule has 1 rings (SSSR count). The highest BCUT2D eigenvalue weighted by Gasteiger charge is 1.91. The average molecular weight is 187 g/mol. The molecule has 1 aromatic rings. The smallest absolute Gasteiger partial charge is 0.0149 e. The molecule has 0 fully saturated rings. The molecule has 0 bridgehead atoms. The number of unbranched alkanes of at least 4 members (excludes halogenated alkanes) is 1. The van der Waals surface area contributed by atoms with Crippen molar-refractivity contribution in [1.82, 2.24) is 0 Å². The van der Waals surface area contributed by atoms with Gasteiger partial charge >= 0.3 is 0 Å². The molecule has 1 aromatic carbocycles. The second kappa shape index (κ2) is 6.42. The van der Waals surface area contributed by atoms with Gasteiger partial charge in [0.1, 0.15) is 0 Å². The molecule has 14 heavy (non-hydrogen) atoms. The van der Waals surface area contributed by atoms with Crippen LogP contribution in [0.4, 0.5) is 0 Å². The molecule has 0 aliphatic carbocycles. The summed E-state index contributed by atoms with van der Waals surface area (Å²) in [7, 11) is 0. The van der Waals surface area contributed by atoms with E-state index in [0.29, 0.717) is 0 Å². The molecule has 0 aliphatic rings. The summed E-state index contributed by atoms with van der Waals surface area (Å²) in [5, 5.41) is 0. The summed E-state index contributed by atoms with van der Waals surface area (Å²) in [6, 6.07) is 8.72. The number of rotatable bonds is 5. The van der Waals surface area contributed by atoms with Crippen LogP contribution >= 0.6 is 0 Å². The minimum atomic E-state index is 1.05. The van der Waals surface area contributed by atoms with Crippen molar-refractivity contribution in [1.29, 1.82) is 0 Å². The molecule has 0 heterocycles. The van der Waals surface area contributed by atoms with Crippen LogP contribution in [0.5, 0.6) is 0 Å². The first kappa shape index (κ1) is 11.0. The number of aryl methyl sites for hydroxylation is 1. The van der Waals surface area contributed by atoms with Crippen LogP contribution < -0.4 is 0 Å². The van der Waals surface area contributed by atoms with Gasteiger partial charge in [-0.25, -0.2) is 0 Å². The molecule has 0 saturated carbocycles. The van der Waals surface area contributed by atoms with Gasteiger partial charge in [0.15, 0.2) is 0 Å². The van der Waals surface area contributed by atoms with E-state index in [0.717, 1.165) is 6.42 Å². The van der Waals surface area contributed by atoms with Gasteiger partial charge in [-0.2, -0.15) is 0 Å². The molecular weight excluding hydrogens is 168 g/mol. The Labute approximate surface area is 87.7 Å². The van der Waals surface area contributed by atoms with Crippen molar-refractivity contribution in [3.05, 3.63) is 47.5 Å². The number of allylic oxidation sites excluding steroid dienone is 1. The van der Waals surface area contributed by atoms with Crippen molar-refractivity contribution in [2.45, 2.75) is 39.5 Å². The molecular formula is C14H19. The molecule has 0 spiro atoms. The zero-order chi connectivity index (χ0) is 10.2. The largest absolute Gasteiger partial charge is 0.0763 e. The van der Waals surface area contributed by atoms with E-state index in [9.17, 15) is 0 Å². The average Bonchev–Trinajstić information content (AvgIpc) is 2.25. The first-order valence-corrected chi connectivity index (χ1v) is 5.54. The molecule has 0 unspecified atom stereocenters. The zero-order valence-corrected chi connectivity index (χ0v) is 9.22.